The van der Waals surface area contributed by atoms with Gasteiger partial charge in [-0.15, -0.1) is 0 Å². The van der Waals surface area contributed by atoms with Gasteiger partial charge < -0.3 is 10.4 Å². The Morgan fingerprint density at radius 1 is 1.44 bits per heavy atom. The highest BCUT2D eigenvalue weighted by Crippen LogP contribution is 2.31. The van der Waals surface area contributed by atoms with Gasteiger partial charge >= 0.3 is 0 Å². The molecule has 0 unspecified atom stereocenters. The van der Waals surface area contributed by atoms with Crippen molar-refractivity contribution in [1.82, 2.24) is 10.2 Å². The van der Waals surface area contributed by atoms with E-state index >= 15 is 0 Å². The van der Waals surface area contributed by atoms with Crippen molar-refractivity contribution in [3.63, 3.8) is 0 Å². The molecule has 0 spiro atoms. The van der Waals surface area contributed by atoms with Crippen molar-refractivity contribution >= 4 is 11.6 Å². The first-order valence-corrected chi connectivity index (χ1v) is 6.53. The van der Waals surface area contributed by atoms with E-state index in [9.17, 15) is 9.50 Å². The zero-order valence-electron chi connectivity index (χ0n) is 10.4. The molecular weight excluding hydrogens is 255 g/mol. The van der Waals surface area contributed by atoms with E-state index in [0.717, 1.165) is 26.2 Å². The average Bonchev–Trinajstić information content (AvgIpc) is 2.40. The van der Waals surface area contributed by atoms with Gasteiger partial charge in [-0.2, -0.15) is 0 Å². The molecule has 2 N–H and O–H groups in total. The smallest absolute Gasteiger partial charge is 0.132 e. The molecule has 1 aromatic rings. The summed E-state index contributed by atoms with van der Waals surface area (Å²) in [5.74, 6) is -0.305. The van der Waals surface area contributed by atoms with Crippen LogP contribution in [0.25, 0.3) is 0 Å². The van der Waals surface area contributed by atoms with Crippen LogP contribution in [0.5, 0.6) is 0 Å². The summed E-state index contributed by atoms with van der Waals surface area (Å²) >= 11 is 6.10. The number of nitrogens with zero attached hydrogens (tertiary/aromatic N) is 1. The maximum atomic E-state index is 14.2. The molecular formula is C13H18ClFN2O. The lowest BCUT2D eigenvalue weighted by molar-refractivity contribution is 0.108. The molecule has 1 heterocycles. The van der Waals surface area contributed by atoms with Crippen molar-refractivity contribution in [2.75, 3.05) is 32.8 Å². The second-order valence-corrected chi connectivity index (χ2v) is 4.98. The molecule has 0 saturated carbocycles. The lowest BCUT2D eigenvalue weighted by Crippen LogP contribution is -2.46. The van der Waals surface area contributed by atoms with E-state index < -0.39 is 0 Å². The molecule has 0 bridgehead atoms. The largest absolute Gasteiger partial charge is 0.394 e. The van der Waals surface area contributed by atoms with Gasteiger partial charge in [0.25, 0.3) is 0 Å². The Bertz CT molecular complexity index is 422. The molecule has 1 aromatic carbocycles. The van der Waals surface area contributed by atoms with Crippen molar-refractivity contribution in [3.8, 4) is 0 Å². The Hall–Kier alpha value is -0.680. The molecule has 2 rings (SSSR count). The van der Waals surface area contributed by atoms with Crippen LogP contribution >= 0.6 is 11.6 Å². The Kier molecular flexibility index (Phi) is 4.56. The quantitative estimate of drug-likeness (QED) is 0.880. The van der Waals surface area contributed by atoms with E-state index in [-0.39, 0.29) is 18.5 Å². The van der Waals surface area contributed by atoms with Crippen LogP contribution in [0.4, 0.5) is 4.39 Å². The number of aliphatic hydroxyl groups is 1. The van der Waals surface area contributed by atoms with Gasteiger partial charge in [0.2, 0.25) is 0 Å². The van der Waals surface area contributed by atoms with Crippen LogP contribution in [0.1, 0.15) is 17.2 Å². The second-order valence-electron chi connectivity index (χ2n) is 4.58. The Balaban J connectivity index is 2.34. The molecule has 0 aliphatic carbocycles. The summed E-state index contributed by atoms with van der Waals surface area (Å²) in [6.07, 6.45) is 0. The van der Waals surface area contributed by atoms with Crippen molar-refractivity contribution in [2.45, 2.75) is 13.0 Å². The number of hydrogen-bond donors (Lipinski definition) is 2. The number of piperazine rings is 1. The highest BCUT2D eigenvalue weighted by Gasteiger charge is 2.26. The standard InChI is InChI=1S/C13H18ClFN2O/c1-9-2-3-10(14)12(13(9)15)11(8-18)17-6-4-16-5-7-17/h2-3,11,16,18H,4-8H2,1H3/t11-/m0/s1. The first-order chi connectivity index (χ1) is 8.65. The highest BCUT2D eigenvalue weighted by molar-refractivity contribution is 6.31. The first-order valence-electron chi connectivity index (χ1n) is 6.15. The third-order valence-corrected chi connectivity index (χ3v) is 3.75. The molecule has 0 aromatic heterocycles. The third-order valence-electron chi connectivity index (χ3n) is 3.42. The Labute approximate surface area is 112 Å². The van der Waals surface area contributed by atoms with E-state index in [4.69, 9.17) is 11.6 Å². The summed E-state index contributed by atoms with van der Waals surface area (Å²) in [6, 6.07) is 2.99. The van der Waals surface area contributed by atoms with Crippen LogP contribution in [-0.2, 0) is 0 Å². The highest BCUT2D eigenvalue weighted by atomic mass is 35.5. The zero-order valence-corrected chi connectivity index (χ0v) is 11.2. The number of benzene rings is 1. The van der Waals surface area contributed by atoms with Gasteiger partial charge in [0, 0.05) is 36.8 Å². The van der Waals surface area contributed by atoms with Gasteiger partial charge in [-0.05, 0) is 18.6 Å². The SMILES string of the molecule is Cc1ccc(Cl)c([C@H](CO)N2CCNCC2)c1F. The van der Waals surface area contributed by atoms with E-state index in [1.54, 1.807) is 19.1 Å². The van der Waals surface area contributed by atoms with Crippen LogP contribution in [0, 0.1) is 12.7 Å². The zero-order chi connectivity index (χ0) is 13.1. The van der Waals surface area contributed by atoms with Crippen LogP contribution in [0.15, 0.2) is 12.1 Å². The topological polar surface area (TPSA) is 35.5 Å². The Morgan fingerprint density at radius 3 is 2.72 bits per heavy atom. The van der Waals surface area contributed by atoms with E-state index in [1.807, 2.05) is 0 Å². The molecule has 0 radical (unpaired) electrons. The molecule has 1 aliphatic heterocycles. The monoisotopic (exact) mass is 272 g/mol. The van der Waals surface area contributed by atoms with Crippen molar-refractivity contribution < 1.29 is 9.50 Å². The number of aliphatic hydroxyl groups excluding tert-OH is 1. The normalized spacial score (nSPS) is 18.9. The first kappa shape index (κ1) is 13.7. The average molecular weight is 273 g/mol. The Morgan fingerprint density at radius 2 is 2.11 bits per heavy atom. The lowest BCUT2D eigenvalue weighted by Gasteiger charge is -2.34. The van der Waals surface area contributed by atoms with Gasteiger partial charge in [-0.1, -0.05) is 17.7 Å². The summed E-state index contributed by atoms with van der Waals surface area (Å²) in [5, 5.41) is 13.2. The molecule has 100 valence electrons. The molecule has 1 aliphatic rings. The number of nitrogens with one attached hydrogen (secondary N) is 1. The van der Waals surface area contributed by atoms with Gasteiger partial charge in [0.1, 0.15) is 5.82 Å². The maximum Gasteiger partial charge on any atom is 0.132 e. The van der Waals surface area contributed by atoms with Crippen molar-refractivity contribution in [1.29, 1.82) is 0 Å². The molecule has 1 saturated heterocycles. The minimum atomic E-state index is -0.362. The van der Waals surface area contributed by atoms with E-state index in [2.05, 4.69) is 10.2 Å². The fourth-order valence-electron chi connectivity index (χ4n) is 2.37. The minimum absolute atomic E-state index is 0.125. The summed E-state index contributed by atoms with van der Waals surface area (Å²) < 4.78 is 14.2. The number of hydrogen-bond acceptors (Lipinski definition) is 3. The van der Waals surface area contributed by atoms with Gasteiger partial charge in [-0.3, -0.25) is 4.90 Å². The summed E-state index contributed by atoms with van der Waals surface area (Å²) in [4.78, 5) is 2.07. The van der Waals surface area contributed by atoms with Crippen molar-refractivity contribution in [2.24, 2.45) is 0 Å². The van der Waals surface area contributed by atoms with E-state index in [1.165, 1.54) is 0 Å². The molecule has 3 nitrogen and oxygen atoms in total. The molecule has 1 atom stereocenters. The summed E-state index contributed by atoms with van der Waals surface area (Å²) in [6.45, 7) is 4.86. The summed E-state index contributed by atoms with van der Waals surface area (Å²) in [7, 11) is 0. The molecule has 18 heavy (non-hydrogen) atoms. The van der Waals surface area contributed by atoms with Gasteiger partial charge in [0.15, 0.2) is 0 Å². The van der Waals surface area contributed by atoms with Crippen LogP contribution in [0.2, 0.25) is 5.02 Å². The van der Waals surface area contributed by atoms with Gasteiger partial charge in [0.05, 0.1) is 12.6 Å². The molecule has 0 amide bonds. The number of rotatable bonds is 3. The predicted octanol–water partition coefficient (Wildman–Crippen LogP) is 1.73. The minimum Gasteiger partial charge on any atom is -0.394 e. The van der Waals surface area contributed by atoms with Gasteiger partial charge in [-0.25, -0.2) is 4.39 Å². The number of halogens is 2. The summed E-state index contributed by atoms with van der Waals surface area (Å²) in [5.41, 5.74) is 0.976. The van der Waals surface area contributed by atoms with Crippen LogP contribution in [0.3, 0.4) is 0 Å². The molecule has 5 heteroatoms. The number of aryl methyl sites for hydroxylation is 1. The fourth-order valence-corrected chi connectivity index (χ4v) is 2.64. The fraction of sp³-hybridized carbons (Fsp3) is 0.538. The third kappa shape index (κ3) is 2.67. The lowest BCUT2D eigenvalue weighted by atomic mass is 10.0. The van der Waals surface area contributed by atoms with Crippen LogP contribution < -0.4 is 5.32 Å². The van der Waals surface area contributed by atoms with E-state index in [0.29, 0.717) is 16.1 Å². The molecule has 1 fully saturated rings. The van der Waals surface area contributed by atoms with Crippen LogP contribution in [-0.4, -0.2) is 42.8 Å². The van der Waals surface area contributed by atoms with Crippen molar-refractivity contribution in [3.05, 3.63) is 34.1 Å². The predicted molar refractivity (Wildman–Crippen MR) is 70.4 cm³/mol. The second kappa shape index (κ2) is 5.97. The maximum absolute atomic E-state index is 14.2.